The van der Waals surface area contributed by atoms with Crippen LogP contribution in [-0.4, -0.2) is 27.5 Å². The number of hydrogen-bond donors (Lipinski definition) is 3. The summed E-state index contributed by atoms with van der Waals surface area (Å²) in [4.78, 5) is 0. The Hall–Kier alpha value is -0.170. The van der Waals surface area contributed by atoms with Crippen molar-refractivity contribution in [1.82, 2.24) is 9.44 Å². The van der Waals surface area contributed by atoms with Gasteiger partial charge in [0.05, 0.1) is 0 Å². The van der Waals surface area contributed by atoms with Gasteiger partial charge in [-0.1, -0.05) is 19.3 Å². The first-order chi connectivity index (χ1) is 7.89. The minimum atomic E-state index is -3.38. The van der Waals surface area contributed by atoms with Gasteiger partial charge >= 0.3 is 0 Å². The molecular weight excluding hydrogens is 238 g/mol. The van der Waals surface area contributed by atoms with Gasteiger partial charge in [0, 0.05) is 12.6 Å². The van der Waals surface area contributed by atoms with Crippen molar-refractivity contribution < 1.29 is 8.42 Å². The van der Waals surface area contributed by atoms with Crippen molar-refractivity contribution in [3.8, 4) is 0 Å². The normalized spacial score (nSPS) is 20.7. The fourth-order valence-corrected chi connectivity index (χ4v) is 3.56. The van der Waals surface area contributed by atoms with Crippen LogP contribution < -0.4 is 15.2 Å². The van der Waals surface area contributed by atoms with Gasteiger partial charge in [0.25, 0.3) is 10.2 Å². The second kappa shape index (κ2) is 6.13. The first-order valence-electron chi connectivity index (χ1n) is 6.36. The van der Waals surface area contributed by atoms with Crippen molar-refractivity contribution in [2.45, 2.75) is 52.0 Å². The third kappa shape index (κ3) is 4.91. The summed E-state index contributed by atoms with van der Waals surface area (Å²) in [5.74, 6) is 0. The van der Waals surface area contributed by atoms with Crippen LogP contribution in [0.2, 0.25) is 0 Å². The van der Waals surface area contributed by atoms with E-state index >= 15 is 0 Å². The van der Waals surface area contributed by atoms with E-state index in [2.05, 4.69) is 9.44 Å². The average Bonchev–Trinajstić information content (AvgIpc) is 2.26. The zero-order valence-corrected chi connectivity index (χ0v) is 11.6. The fraction of sp³-hybridized carbons (Fsp3) is 1.00. The van der Waals surface area contributed by atoms with E-state index in [0.717, 1.165) is 25.7 Å². The van der Waals surface area contributed by atoms with Crippen LogP contribution in [0.5, 0.6) is 0 Å². The maximum Gasteiger partial charge on any atom is 0.277 e. The molecule has 0 unspecified atom stereocenters. The van der Waals surface area contributed by atoms with Crippen LogP contribution in [0.4, 0.5) is 0 Å². The Labute approximate surface area is 105 Å². The van der Waals surface area contributed by atoms with Crippen LogP contribution in [0, 0.1) is 5.41 Å². The van der Waals surface area contributed by atoms with E-state index in [9.17, 15) is 8.42 Å². The van der Waals surface area contributed by atoms with Gasteiger partial charge in [-0.25, -0.2) is 4.72 Å². The molecule has 0 aromatic rings. The molecule has 1 saturated carbocycles. The van der Waals surface area contributed by atoms with Crippen molar-refractivity contribution >= 4 is 10.2 Å². The summed E-state index contributed by atoms with van der Waals surface area (Å²) >= 11 is 0. The molecule has 0 spiro atoms. The highest BCUT2D eigenvalue weighted by molar-refractivity contribution is 7.87. The van der Waals surface area contributed by atoms with E-state index in [1.54, 1.807) is 13.8 Å². The lowest BCUT2D eigenvalue weighted by molar-refractivity contribution is 0.201. The van der Waals surface area contributed by atoms with Crippen LogP contribution in [-0.2, 0) is 10.2 Å². The van der Waals surface area contributed by atoms with Gasteiger partial charge in [-0.2, -0.15) is 13.1 Å². The molecule has 0 amide bonds. The van der Waals surface area contributed by atoms with Crippen molar-refractivity contribution in [2.75, 3.05) is 13.1 Å². The smallest absolute Gasteiger partial charge is 0.277 e. The maximum atomic E-state index is 11.7. The summed E-state index contributed by atoms with van der Waals surface area (Å²) < 4.78 is 28.5. The molecule has 0 bridgehead atoms. The third-order valence-electron chi connectivity index (χ3n) is 3.38. The molecule has 0 atom stereocenters. The van der Waals surface area contributed by atoms with Gasteiger partial charge in [-0.3, -0.25) is 0 Å². The second-order valence-electron chi connectivity index (χ2n) is 5.36. The lowest BCUT2D eigenvalue weighted by Gasteiger charge is -2.36. The Morgan fingerprint density at radius 2 is 1.82 bits per heavy atom. The summed E-state index contributed by atoms with van der Waals surface area (Å²) in [6, 6.07) is -0.0901. The molecule has 4 N–H and O–H groups in total. The molecule has 0 radical (unpaired) electrons. The third-order valence-corrected chi connectivity index (χ3v) is 4.68. The SMILES string of the molecule is CC(C)NS(=O)(=O)NCC1(CN)CCCCC1. The first kappa shape index (κ1) is 14.9. The molecule has 0 saturated heterocycles. The maximum absolute atomic E-state index is 11.7. The molecule has 0 aliphatic heterocycles. The first-order valence-corrected chi connectivity index (χ1v) is 7.84. The van der Waals surface area contributed by atoms with Crippen LogP contribution in [0.1, 0.15) is 46.0 Å². The quantitative estimate of drug-likeness (QED) is 0.660. The predicted molar refractivity (Wildman–Crippen MR) is 69.8 cm³/mol. The molecule has 102 valence electrons. The van der Waals surface area contributed by atoms with Gasteiger partial charge in [0.1, 0.15) is 0 Å². The van der Waals surface area contributed by atoms with E-state index in [1.165, 1.54) is 6.42 Å². The lowest BCUT2D eigenvalue weighted by atomic mass is 9.74. The number of rotatable bonds is 6. The Bertz CT molecular complexity index is 322. The highest BCUT2D eigenvalue weighted by atomic mass is 32.2. The van der Waals surface area contributed by atoms with Crippen molar-refractivity contribution in [2.24, 2.45) is 11.1 Å². The van der Waals surface area contributed by atoms with E-state index in [1.807, 2.05) is 0 Å². The topological polar surface area (TPSA) is 84.2 Å². The molecule has 1 rings (SSSR count). The minimum absolute atomic E-state index is 0.0377. The lowest BCUT2D eigenvalue weighted by Crippen LogP contribution is -2.48. The van der Waals surface area contributed by atoms with E-state index in [-0.39, 0.29) is 11.5 Å². The van der Waals surface area contributed by atoms with Crippen molar-refractivity contribution in [3.63, 3.8) is 0 Å². The predicted octanol–water partition coefficient (Wildman–Crippen LogP) is 0.728. The molecule has 0 aromatic heterocycles. The molecule has 5 nitrogen and oxygen atoms in total. The number of nitrogens with one attached hydrogen (secondary N) is 2. The van der Waals surface area contributed by atoms with Gasteiger partial charge in [0.2, 0.25) is 0 Å². The van der Waals surface area contributed by atoms with Gasteiger partial charge < -0.3 is 5.73 Å². The fourth-order valence-electron chi connectivity index (χ4n) is 2.35. The molecule has 6 heteroatoms. The molecule has 1 aliphatic carbocycles. The largest absolute Gasteiger partial charge is 0.330 e. The van der Waals surface area contributed by atoms with Gasteiger partial charge in [-0.15, -0.1) is 0 Å². The Morgan fingerprint density at radius 3 is 2.29 bits per heavy atom. The summed E-state index contributed by atoms with van der Waals surface area (Å²) in [7, 11) is -3.38. The molecule has 17 heavy (non-hydrogen) atoms. The Morgan fingerprint density at radius 1 is 1.24 bits per heavy atom. The Kier molecular flexibility index (Phi) is 5.37. The standard InChI is InChI=1S/C11H25N3O2S/c1-10(2)14-17(15,16)13-9-11(8-12)6-4-3-5-7-11/h10,13-14H,3-9,12H2,1-2H3. The van der Waals surface area contributed by atoms with E-state index in [4.69, 9.17) is 5.73 Å². The average molecular weight is 263 g/mol. The van der Waals surface area contributed by atoms with E-state index < -0.39 is 10.2 Å². The molecule has 0 aromatic carbocycles. The molecule has 1 fully saturated rings. The Balaban J connectivity index is 2.52. The highest BCUT2D eigenvalue weighted by Gasteiger charge is 2.31. The van der Waals surface area contributed by atoms with Crippen molar-refractivity contribution in [1.29, 1.82) is 0 Å². The van der Waals surface area contributed by atoms with Crippen LogP contribution in [0.3, 0.4) is 0 Å². The summed E-state index contributed by atoms with van der Waals surface area (Å²) in [5.41, 5.74) is 5.78. The molecule has 1 aliphatic rings. The van der Waals surface area contributed by atoms with Gasteiger partial charge in [-0.05, 0) is 38.6 Å². The highest BCUT2D eigenvalue weighted by Crippen LogP contribution is 2.34. The van der Waals surface area contributed by atoms with E-state index in [0.29, 0.717) is 13.1 Å². The minimum Gasteiger partial charge on any atom is -0.330 e. The van der Waals surface area contributed by atoms with Crippen LogP contribution >= 0.6 is 0 Å². The zero-order valence-electron chi connectivity index (χ0n) is 10.8. The molecule has 0 heterocycles. The zero-order chi connectivity index (χ0) is 12.9. The number of nitrogens with two attached hydrogens (primary N) is 1. The van der Waals surface area contributed by atoms with Crippen LogP contribution in [0.15, 0.2) is 0 Å². The summed E-state index contributed by atoms with van der Waals surface area (Å²) in [6.07, 6.45) is 5.58. The molecular formula is C11H25N3O2S. The monoisotopic (exact) mass is 263 g/mol. The van der Waals surface area contributed by atoms with Crippen LogP contribution in [0.25, 0.3) is 0 Å². The second-order valence-corrected chi connectivity index (χ2v) is 6.89. The van der Waals surface area contributed by atoms with Gasteiger partial charge in [0.15, 0.2) is 0 Å². The van der Waals surface area contributed by atoms with Crippen molar-refractivity contribution in [3.05, 3.63) is 0 Å². The summed E-state index contributed by atoms with van der Waals surface area (Å²) in [6.45, 7) is 4.61. The number of hydrogen-bond acceptors (Lipinski definition) is 3. The summed E-state index contributed by atoms with van der Waals surface area (Å²) in [5, 5.41) is 0.